The lowest BCUT2D eigenvalue weighted by atomic mass is 9.80. The molecule has 6 heteroatoms. The van der Waals surface area contributed by atoms with Crippen molar-refractivity contribution in [3.63, 3.8) is 0 Å². The SMILES string of the molecule is CCOC(=O)C1=C(C)NC(C)=C(C(=O)OC)C1c1cccc(O)c1. The molecule has 0 amide bonds. The molecule has 1 unspecified atom stereocenters. The number of hydrogen-bond acceptors (Lipinski definition) is 6. The molecular formula is C18H21NO5. The van der Waals surface area contributed by atoms with Crippen LogP contribution < -0.4 is 5.32 Å². The molecule has 1 heterocycles. The Hall–Kier alpha value is -2.76. The van der Waals surface area contributed by atoms with Crippen LogP contribution in [0.2, 0.25) is 0 Å². The summed E-state index contributed by atoms with van der Waals surface area (Å²) in [6, 6.07) is 6.46. The largest absolute Gasteiger partial charge is 0.508 e. The van der Waals surface area contributed by atoms with E-state index in [9.17, 15) is 14.7 Å². The van der Waals surface area contributed by atoms with Crippen LogP contribution in [0.1, 0.15) is 32.3 Å². The smallest absolute Gasteiger partial charge is 0.336 e. The number of phenols is 1. The molecule has 0 fully saturated rings. The molecular weight excluding hydrogens is 310 g/mol. The first-order valence-corrected chi connectivity index (χ1v) is 7.63. The number of ether oxygens (including phenoxy) is 2. The molecule has 0 aromatic heterocycles. The minimum absolute atomic E-state index is 0.0498. The molecule has 1 aliphatic heterocycles. The van der Waals surface area contributed by atoms with Gasteiger partial charge in [-0.15, -0.1) is 0 Å². The second kappa shape index (κ2) is 7.21. The van der Waals surface area contributed by atoms with Crippen molar-refractivity contribution in [3.8, 4) is 5.75 Å². The highest BCUT2D eigenvalue weighted by Gasteiger charge is 2.37. The van der Waals surface area contributed by atoms with Gasteiger partial charge < -0.3 is 19.9 Å². The summed E-state index contributed by atoms with van der Waals surface area (Å²) in [4.78, 5) is 24.8. The molecule has 0 bridgehead atoms. The standard InChI is InChI=1S/C18H21NO5/c1-5-24-18(22)15-11(3)19-10(2)14(17(21)23-4)16(15)12-7-6-8-13(20)9-12/h6-9,16,19-20H,5H2,1-4H3. The van der Waals surface area contributed by atoms with Crippen molar-refractivity contribution < 1.29 is 24.2 Å². The van der Waals surface area contributed by atoms with Gasteiger partial charge in [-0.25, -0.2) is 9.59 Å². The Labute approximate surface area is 140 Å². The Morgan fingerprint density at radius 3 is 2.33 bits per heavy atom. The summed E-state index contributed by atoms with van der Waals surface area (Å²) >= 11 is 0. The Morgan fingerprint density at radius 1 is 1.17 bits per heavy atom. The summed E-state index contributed by atoms with van der Waals surface area (Å²) in [6.45, 7) is 5.43. The number of carbonyl (C=O) groups excluding carboxylic acids is 2. The van der Waals surface area contributed by atoms with Crippen molar-refractivity contribution in [2.24, 2.45) is 0 Å². The van der Waals surface area contributed by atoms with Crippen LogP contribution in [0.4, 0.5) is 0 Å². The molecule has 1 aromatic rings. The number of phenolic OH excluding ortho intramolecular Hbond substituents is 1. The number of benzene rings is 1. The highest BCUT2D eigenvalue weighted by atomic mass is 16.5. The predicted octanol–water partition coefficient (Wildman–Crippen LogP) is 2.36. The number of esters is 2. The second-order valence-electron chi connectivity index (χ2n) is 5.44. The first kappa shape index (κ1) is 17.6. The fourth-order valence-corrected chi connectivity index (χ4v) is 2.89. The maximum atomic E-state index is 12.5. The van der Waals surface area contributed by atoms with Crippen LogP contribution >= 0.6 is 0 Å². The van der Waals surface area contributed by atoms with E-state index in [1.165, 1.54) is 19.2 Å². The van der Waals surface area contributed by atoms with Crippen LogP contribution in [-0.4, -0.2) is 30.8 Å². The summed E-state index contributed by atoms with van der Waals surface area (Å²) in [6.07, 6.45) is 0. The van der Waals surface area contributed by atoms with Crippen molar-refractivity contribution in [3.05, 3.63) is 52.4 Å². The van der Waals surface area contributed by atoms with E-state index in [4.69, 9.17) is 9.47 Å². The predicted molar refractivity (Wildman–Crippen MR) is 88.0 cm³/mol. The van der Waals surface area contributed by atoms with Crippen molar-refractivity contribution in [1.29, 1.82) is 0 Å². The average molecular weight is 331 g/mol. The zero-order chi connectivity index (χ0) is 17.9. The van der Waals surface area contributed by atoms with Crippen molar-refractivity contribution >= 4 is 11.9 Å². The quantitative estimate of drug-likeness (QED) is 0.824. The zero-order valence-corrected chi connectivity index (χ0v) is 14.2. The molecule has 1 aliphatic rings. The summed E-state index contributed by atoms with van der Waals surface area (Å²) in [5.41, 5.74) is 2.46. The molecule has 1 atom stereocenters. The fourth-order valence-electron chi connectivity index (χ4n) is 2.89. The van der Waals surface area contributed by atoms with Gasteiger partial charge in [0.15, 0.2) is 0 Å². The zero-order valence-electron chi connectivity index (χ0n) is 14.2. The molecule has 0 aliphatic carbocycles. The van der Waals surface area contributed by atoms with E-state index in [1.807, 2.05) is 0 Å². The monoisotopic (exact) mass is 331 g/mol. The van der Waals surface area contributed by atoms with Gasteiger partial charge in [0.1, 0.15) is 5.75 Å². The molecule has 1 aromatic carbocycles. The summed E-state index contributed by atoms with van der Waals surface area (Å²) in [7, 11) is 1.29. The van der Waals surface area contributed by atoms with Gasteiger partial charge in [0.25, 0.3) is 0 Å². The molecule has 0 saturated heterocycles. The van der Waals surface area contributed by atoms with E-state index in [0.29, 0.717) is 28.1 Å². The van der Waals surface area contributed by atoms with Gasteiger partial charge in [0, 0.05) is 11.4 Å². The molecule has 2 N–H and O–H groups in total. The van der Waals surface area contributed by atoms with Crippen LogP contribution in [0.3, 0.4) is 0 Å². The molecule has 2 rings (SSSR count). The Bertz CT molecular complexity index is 733. The lowest BCUT2D eigenvalue weighted by Crippen LogP contribution is -2.32. The van der Waals surface area contributed by atoms with Gasteiger partial charge in [-0.3, -0.25) is 0 Å². The lowest BCUT2D eigenvalue weighted by Gasteiger charge is -2.30. The van der Waals surface area contributed by atoms with E-state index in [-0.39, 0.29) is 12.4 Å². The van der Waals surface area contributed by atoms with E-state index in [2.05, 4.69) is 5.32 Å². The number of dihydropyridines is 1. The molecule has 0 radical (unpaired) electrons. The fraction of sp³-hybridized carbons (Fsp3) is 0.333. The lowest BCUT2D eigenvalue weighted by molar-refractivity contribution is -0.139. The molecule has 24 heavy (non-hydrogen) atoms. The van der Waals surface area contributed by atoms with E-state index < -0.39 is 17.9 Å². The number of carbonyl (C=O) groups is 2. The normalized spacial score (nSPS) is 17.4. The van der Waals surface area contributed by atoms with Gasteiger partial charge in [0.2, 0.25) is 0 Å². The summed E-state index contributed by atoms with van der Waals surface area (Å²) in [5, 5.41) is 12.8. The third kappa shape index (κ3) is 3.27. The average Bonchev–Trinajstić information content (AvgIpc) is 2.53. The third-order valence-electron chi connectivity index (χ3n) is 3.86. The van der Waals surface area contributed by atoms with Crippen LogP contribution in [0.15, 0.2) is 46.8 Å². The third-order valence-corrected chi connectivity index (χ3v) is 3.86. The highest BCUT2D eigenvalue weighted by Crippen LogP contribution is 2.39. The number of methoxy groups -OCH3 is 1. The van der Waals surface area contributed by atoms with Gasteiger partial charge in [-0.1, -0.05) is 12.1 Å². The van der Waals surface area contributed by atoms with Gasteiger partial charge in [0.05, 0.1) is 30.8 Å². The first-order valence-electron chi connectivity index (χ1n) is 7.63. The van der Waals surface area contributed by atoms with Crippen molar-refractivity contribution in [1.82, 2.24) is 5.32 Å². The second-order valence-corrected chi connectivity index (χ2v) is 5.44. The van der Waals surface area contributed by atoms with E-state index in [0.717, 1.165) is 0 Å². The Balaban J connectivity index is 2.66. The maximum Gasteiger partial charge on any atom is 0.336 e. The van der Waals surface area contributed by atoms with Crippen molar-refractivity contribution in [2.45, 2.75) is 26.7 Å². The highest BCUT2D eigenvalue weighted by molar-refractivity contribution is 5.99. The first-order chi connectivity index (χ1) is 11.4. The minimum Gasteiger partial charge on any atom is -0.508 e. The molecule has 0 saturated carbocycles. The Morgan fingerprint density at radius 2 is 1.79 bits per heavy atom. The van der Waals surface area contributed by atoms with Crippen LogP contribution in [0.25, 0.3) is 0 Å². The van der Waals surface area contributed by atoms with Crippen molar-refractivity contribution in [2.75, 3.05) is 13.7 Å². The number of nitrogens with one attached hydrogen (secondary N) is 1. The van der Waals surface area contributed by atoms with Gasteiger partial charge in [-0.05, 0) is 38.5 Å². The summed E-state index contributed by atoms with van der Waals surface area (Å²) < 4.78 is 10.0. The maximum absolute atomic E-state index is 12.5. The summed E-state index contributed by atoms with van der Waals surface area (Å²) in [5.74, 6) is -1.67. The minimum atomic E-state index is -0.676. The van der Waals surface area contributed by atoms with E-state index >= 15 is 0 Å². The number of rotatable bonds is 4. The number of hydrogen-bond donors (Lipinski definition) is 2. The van der Waals surface area contributed by atoms with E-state index in [1.54, 1.807) is 32.9 Å². The van der Waals surface area contributed by atoms with Crippen LogP contribution in [0, 0.1) is 0 Å². The molecule has 6 nitrogen and oxygen atoms in total. The Kier molecular flexibility index (Phi) is 5.28. The molecule has 128 valence electrons. The van der Waals surface area contributed by atoms with Crippen LogP contribution in [0.5, 0.6) is 5.75 Å². The van der Waals surface area contributed by atoms with Crippen LogP contribution in [-0.2, 0) is 19.1 Å². The van der Waals surface area contributed by atoms with Gasteiger partial charge >= 0.3 is 11.9 Å². The number of allylic oxidation sites excluding steroid dienone is 2. The molecule has 0 spiro atoms. The topological polar surface area (TPSA) is 84.9 Å². The van der Waals surface area contributed by atoms with Gasteiger partial charge in [-0.2, -0.15) is 0 Å². The number of aromatic hydroxyl groups is 1.